The van der Waals surface area contributed by atoms with Gasteiger partial charge in [-0.15, -0.1) is 0 Å². The number of rotatable bonds is 4. The Balaban J connectivity index is 2.04. The van der Waals surface area contributed by atoms with E-state index in [-0.39, 0.29) is 0 Å². The fourth-order valence-corrected chi connectivity index (χ4v) is 3.79. The van der Waals surface area contributed by atoms with Crippen LogP contribution in [0.4, 0.5) is 0 Å². The minimum absolute atomic E-state index is 0.396. The number of para-hydroxylation sites is 1. The lowest BCUT2D eigenvalue weighted by Gasteiger charge is -2.23. The molecule has 5 nitrogen and oxygen atoms in total. The van der Waals surface area contributed by atoms with Gasteiger partial charge in [-0.25, -0.2) is 8.42 Å². The molecular weight excluding hydrogens is 324 g/mol. The van der Waals surface area contributed by atoms with Crippen LogP contribution in [0.25, 0.3) is 0 Å². The van der Waals surface area contributed by atoms with Crippen LogP contribution in [0.1, 0.15) is 29.2 Å². The number of benzene rings is 2. The maximum atomic E-state index is 12.2. The maximum absolute atomic E-state index is 12.2. The van der Waals surface area contributed by atoms with Crippen molar-refractivity contribution >= 4 is 15.7 Å². The second-order valence-electron chi connectivity index (χ2n) is 5.91. The Labute approximate surface area is 142 Å². The van der Waals surface area contributed by atoms with E-state index in [1.807, 2.05) is 55.5 Å². The van der Waals surface area contributed by atoms with Crippen molar-refractivity contribution in [2.75, 3.05) is 13.4 Å². The quantitative estimate of drug-likeness (QED) is 0.856. The van der Waals surface area contributed by atoms with Crippen LogP contribution in [0.15, 0.2) is 53.6 Å². The van der Waals surface area contributed by atoms with E-state index in [4.69, 9.17) is 4.74 Å². The molecule has 2 aromatic carbocycles. The third kappa shape index (κ3) is 3.14. The molecule has 1 atom stereocenters. The predicted molar refractivity (Wildman–Crippen MR) is 94.8 cm³/mol. The van der Waals surface area contributed by atoms with Crippen molar-refractivity contribution in [2.24, 2.45) is 5.10 Å². The highest BCUT2D eigenvalue weighted by atomic mass is 32.2. The zero-order chi connectivity index (χ0) is 17.3. The molecule has 0 N–H and O–H groups in total. The zero-order valence-electron chi connectivity index (χ0n) is 13.9. The van der Waals surface area contributed by atoms with Crippen molar-refractivity contribution in [3.05, 3.63) is 65.2 Å². The molecule has 0 spiro atoms. The lowest BCUT2D eigenvalue weighted by Crippen LogP contribution is -2.26. The molecular formula is C18H20N2O3S. The van der Waals surface area contributed by atoms with Crippen LogP contribution in [0.3, 0.4) is 0 Å². The van der Waals surface area contributed by atoms with Gasteiger partial charge in [-0.3, -0.25) is 0 Å². The van der Waals surface area contributed by atoms with Crippen LogP contribution in [0, 0.1) is 6.92 Å². The van der Waals surface area contributed by atoms with Crippen LogP contribution >= 0.6 is 0 Å². The third-order valence-corrected chi connectivity index (χ3v) is 5.11. The van der Waals surface area contributed by atoms with Gasteiger partial charge < -0.3 is 4.74 Å². The van der Waals surface area contributed by atoms with Gasteiger partial charge in [-0.1, -0.05) is 48.0 Å². The fraction of sp³-hybridized carbons (Fsp3) is 0.278. The molecule has 1 aliphatic heterocycles. The number of nitrogens with zero attached hydrogens (tertiary/aromatic N) is 2. The SMILES string of the molecule is COc1ccccc1C1CC(c2ccc(C)cc2)=NN1S(C)(=O)=O. The van der Waals surface area contributed by atoms with Crippen molar-refractivity contribution in [3.8, 4) is 5.75 Å². The number of methoxy groups -OCH3 is 1. The molecule has 0 fully saturated rings. The summed E-state index contributed by atoms with van der Waals surface area (Å²) in [6.07, 6.45) is 1.69. The summed E-state index contributed by atoms with van der Waals surface area (Å²) in [6, 6.07) is 15.0. The van der Waals surface area contributed by atoms with Crippen LogP contribution in [-0.2, 0) is 10.0 Å². The molecule has 6 heteroatoms. The van der Waals surface area contributed by atoms with E-state index >= 15 is 0 Å². The zero-order valence-corrected chi connectivity index (χ0v) is 14.7. The first kappa shape index (κ1) is 16.5. The minimum Gasteiger partial charge on any atom is -0.496 e. The Morgan fingerprint density at radius 3 is 2.42 bits per heavy atom. The molecule has 0 aliphatic carbocycles. The highest BCUT2D eigenvalue weighted by Crippen LogP contribution is 2.38. The van der Waals surface area contributed by atoms with Gasteiger partial charge in [0.2, 0.25) is 10.0 Å². The first-order valence-electron chi connectivity index (χ1n) is 7.67. The Bertz CT molecular complexity index is 873. The summed E-state index contributed by atoms with van der Waals surface area (Å²) in [4.78, 5) is 0. The van der Waals surface area contributed by atoms with E-state index in [9.17, 15) is 8.42 Å². The van der Waals surface area contributed by atoms with Crippen molar-refractivity contribution < 1.29 is 13.2 Å². The van der Waals surface area contributed by atoms with Gasteiger partial charge in [0.1, 0.15) is 5.75 Å². The summed E-state index contributed by atoms with van der Waals surface area (Å²) in [7, 11) is -1.90. The molecule has 0 bridgehead atoms. The average Bonchev–Trinajstić information content (AvgIpc) is 3.01. The van der Waals surface area contributed by atoms with E-state index < -0.39 is 16.1 Å². The molecule has 1 unspecified atom stereocenters. The Morgan fingerprint density at radius 1 is 1.12 bits per heavy atom. The molecule has 3 rings (SSSR count). The molecule has 0 saturated heterocycles. The van der Waals surface area contributed by atoms with Gasteiger partial charge in [0.25, 0.3) is 0 Å². The minimum atomic E-state index is -3.48. The highest BCUT2D eigenvalue weighted by Gasteiger charge is 2.35. The summed E-state index contributed by atoms with van der Waals surface area (Å²) in [5.41, 5.74) is 3.66. The largest absolute Gasteiger partial charge is 0.496 e. The summed E-state index contributed by atoms with van der Waals surface area (Å²) in [5, 5.41) is 4.40. The normalized spacial score (nSPS) is 17.7. The molecule has 1 aliphatic rings. The van der Waals surface area contributed by atoms with E-state index in [2.05, 4.69) is 5.10 Å². The topological polar surface area (TPSA) is 59.0 Å². The van der Waals surface area contributed by atoms with Gasteiger partial charge in [0.05, 0.1) is 25.1 Å². The number of ether oxygens (including phenoxy) is 1. The second kappa shape index (κ2) is 6.28. The lowest BCUT2D eigenvalue weighted by molar-refractivity contribution is 0.352. The molecule has 24 heavy (non-hydrogen) atoms. The average molecular weight is 344 g/mol. The van der Waals surface area contributed by atoms with Crippen LogP contribution in [0.2, 0.25) is 0 Å². The van der Waals surface area contributed by atoms with Crippen molar-refractivity contribution in [3.63, 3.8) is 0 Å². The van der Waals surface area contributed by atoms with Gasteiger partial charge in [0, 0.05) is 12.0 Å². The smallest absolute Gasteiger partial charge is 0.247 e. The van der Waals surface area contributed by atoms with E-state index in [1.165, 1.54) is 10.7 Å². The molecule has 126 valence electrons. The summed E-state index contributed by atoms with van der Waals surface area (Å²) in [5.74, 6) is 0.663. The van der Waals surface area contributed by atoms with Gasteiger partial charge >= 0.3 is 0 Å². The molecule has 1 heterocycles. The number of hydrazone groups is 1. The van der Waals surface area contributed by atoms with Gasteiger partial charge in [-0.05, 0) is 18.6 Å². The standard InChI is InChI=1S/C18H20N2O3S/c1-13-8-10-14(11-9-13)16-12-17(20(19-16)24(3,21)22)15-6-4-5-7-18(15)23-2/h4-11,17H,12H2,1-3H3. The number of hydrogen-bond donors (Lipinski definition) is 0. The highest BCUT2D eigenvalue weighted by molar-refractivity contribution is 7.88. The third-order valence-electron chi connectivity index (χ3n) is 4.10. The van der Waals surface area contributed by atoms with E-state index in [0.29, 0.717) is 12.2 Å². The summed E-state index contributed by atoms with van der Waals surface area (Å²) < 4.78 is 31.0. The van der Waals surface area contributed by atoms with E-state index in [0.717, 1.165) is 22.4 Å². The van der Waals surface area contributed by atoms with E-state index in [1.54, 1.807) is 7.11 Å². The monoisotopic (exact) mass is 344 g/mol. The van der Waals surface area contributed by atoms with Crippen LogP contribution in [-0.4, -0.2) is 31.9 Å². The maximum Gasteiger partial charge on any atom is 0.247 e. The van der Waals surface area contributed by atoms with Gasteiger partial charge in [-0.2, -0.15) is 9.52 Å². The first-order chi connectivity index (χ1) is 11.4. The number of hydrogen-bond acceptors (Lipinski definition) is 4. The molecule has 0 amide bonds. The fourth-order valence-electron chi connectivity index (χ4n) is 2.89. The molecule has 2 aromatic rings. The number of sulfonamides is 1. The first-order valence-corrected chi connectivity index (χ1v) is 9.52. The predicted octanol–water partition coefficient (Wildman–Crippen LogP) is 3.11. The Hall–Kier alpha value is -2.34. The second-order valence-corrected chi connectivity index (χ2v) is 7.75. The number of aryl methyl sites for hydroxylation is 1. The van der Waals surface area contributed by atoms with Gasteiger partial charge in [0.15, 0.2) is 0 Å². The molecule has 0 saturated carbocycles. The molecule has 0 aromatic heterocycles. The Morgan fingerprint density at radius 2 is 1.79 bits per heavy atom. The summed E-state index contributed by atoms with van der Waals surface area (Å²) >= 11 is 0. The summed E-state index contributed by atoms with van der Waals surface area (Å²) in [6.45, 7) is 2.01. The van der Waals surface area contributed by atoms with Crippen LogP contribution in [0.5, 0.6) is 5.75 Å². The lowest BCUT2D eigenvalue weighted by atomic mass is 9.98. The Kier molecular flexibility index (Phi) is 4.32. The molecule has 0 radical (unpaired) electrons. The van der Waals surface area contributed by atoms with Crippen molar-refractivity contribution in [2.45, 2.75) is 19.4 Å². The van der Waals surface area contributed by atoms with Crippen LogP contribution < -0.4 is 4.74 Å². The van der Waals surface area contributed by atoms with Crippen molar-refractivity contribution in [1.29, 1.82) is 0 Å². The van der Waals surface area contributed by atoms with Crippen molar-refractivity contribution in [1.82, 2.24) is 4.41 Å².